The van der Waals surface area contributed by atoms with Gasteiger partial charge in [-0.3, -0.25) is 9.78 Å². The molecule has 6 rings (SSSR count). The normalized spacial score (nSPS) is 14.7. The van der Waals surface area contributed by atoms with Crippen molar-refractivity contribution in [2.24, 2.45) is 0 Å². The van der Waals surface area contributed by atoms with Crippen LogP contribution >= 0.6 is 0 Å². The van der Waals surface area contributed by atoms with E-state index >= 15 is 4.39 Å². The number of fused-ring (bicyclic) bond motifs is 2. The first kappa shape index (κ1) is 22.9. The Morgan fingerprint density at radius 2 is 1.84 bits per heavy atom. The molecular weight excluding hydrogens is 496 g/mol. The number of carbonyl (C=O) groups excluding carboxylic acids is 1. The lowest BCUT2D eigenvalue weighted by atomic mass is 10.1. The van der Waals surface area contributed by atoms with Crippen LogP contribution in [0.3, 0.4) is 0 Å². The third-order valence-corrected chi connectivity index (χ3v) is 6.10. The quantitative estimate of drug-likeness (QED) is 0.358. The number of rotatable bonds is 3. The molecule has 4 heterocycles. The van der Waals surface area contributed by atoms with Crippen LogP contribution in [-0.4, -0.2) is 45.6 Å². The molecule has 0 saturated carbocycles. The molecule has 0 radical (unpaired) electrons. The van der Waals surface area contributed by atoms with Crippen LogP contribution < -0.4 is 10.6 Å². The van der Waals surface area contributed by atoms with Crippen molar-refractivity contribution in [3.05, 3.63) is 60.2 Å². The van der Waals surface area contributed by atoms with E-state index in [1.807, 2.05) is 0 Å². The van der Waals surface area contributed by atoms with E-state index in [-0.39, 0.29) is 40.8 Å². The summed E-state index contributed by atoms with van der Waals surface area (Å²) in [6.07, 6.45) is -3.42. The van der Waals surface area contributed by atoms with E-state index in [0.29, 0.717) is 29.8 Å². The van der Waals surface area contributed by atoms with E-state index in [0.717, 1.165) is 10.7 Å². The molecule has 188 valence electrons. The summed E-state index contributed by atoms with van der Waals surface area (Å²) in [7, 11) is 0. The monoisotopic (exact) mass is 512 g/mol. The molecule has 1 aliphatic rings. The molecule has 2 N–H and O–H groups in total. The molecule has 0 atom stereocenters. The van der Waals surface area contributed by atoms with Crippen LogP contribution in [0.5, 0.6) is 0 Å². The van der Waals surface area contributed by atoms with Gasteiger partial charge in [-0.15, -0.1) is 0 Å². The van der Waals surface area contributed by atoms with Crippen LogP contribution in [0.25, 0.3) is 38.8 Å². The van der Waals surface area contributed by atoms with Crippen LogP contribution in [-0.2, 0) is 15.7 Å². The van der Waals surface area contributed by atoms with E-state index in [1.54, 1.807) is 6.07 Å². The number of pyridine rings is 1. The molecule has 3 aromatic heterocycles. The average Bonchev–Trinajstić information content (AvgIpc) is 3.46. The van der Waals surface area contributed by atoms with Gasteiger partial charge in [0.1, 0.15) is 12.1 Å². The first-order valence-corrected chi connectivity index (χ1v) is 11.0. The highest BCUT2D eigenvalue weighted by Gasteiger charge is 2.38. The minimum atomic E-state index is -4.83. The minimum absolute atomic E-state index is 0.0344. The number of amides is 1. The Bertz CT molecular complexity index is 1680. The summed E-state index contributed by atoms with van der Waals surface area (Å²) in [5.41, 5.74) is 5.26. The lowest BCUT2D eigenvalue weighted by Crippen LogP contribution is -2.41. The number of hydrogen-bond donors (Lipinski definition) is 1. The molecule has 0 spiro atoms. The molecule has 1 saturated heterocycles. The second kappa shape index (κ2) is 8.27. The standard InChI is InChI=1S/C24H16F4N6O3/c25-20-14(17-5-1-13(10-30-17)33-7-8-36-11-19(33)35)3-4-15-21(20)34(31-22(15)24(26,27)28)12-2-6-18-16(9-12)23(29)32-37-18/h1-6,9-10H,7-8,11H2,(H2,29,32). The summed E-state index contributed by atoms with van der Waals surface area (Å²) in [5.74, 6) is -1.14. The number of benzene rings is 2. The summed E-state index contributed by atoms with van der Waals surface area (Å²) in [4.78, 5) is 17.8. The number of alkyl halides is 3. The number of ether oxygens (including phenoxy) is 1. The zero-order valence-electron chi connectivity index (χ0n) is 18.8. The lowest BCUT2D eigenvalue weighted by molar-refractivity contribution is -0.140. The van der Waals surface area contributed by atoms with Gasteiger partial charge in [-0.05, 0) is 42.5 Å². The molecule has 0 aliphatic carbocycles. The molecule has 0 unspecified atom stereocenters. The molecule has 1 aliphatic heterocycles. The van der Waals surface area contributed by atoms with Crippen LogP contribution in [0.1, 0.15) is 5.69 Å². The highest BCUT2D eigenvalue weighted by molar-refractivity contribution is 5.95. The molecule has 2 aromatic carbocycles. The Morgan fingerprint density at radius 3 is 2.57 bits per heavy atom. The Balaban J connectivity index is 1.50. The highest BCUT2D eigenvalue weighted by Crippen LogP contribution is 2.39. The van der Waals surface area contributed by atoms with Crippen molar-refractivity contribution in [1.29, 1.82) is 0 Å². The van der Waals surface area contributed by atoms with Crippen molar-refractivity contribution < 1.29 is 31.6 Å². The zero-order valence-corrected chi connectivity index (χ0v) is 18.8. The number of hydrogen-bond acceptors (Lipinski definition) is 7. The fourth-order valence-corrected chi connectivity index (χ4v) is 4.33. The number of carbonyl (C=O) groups is 1. The van der Waals surface area contributed by atoms with Crippen molar-refractivity contribution in [3.8, 4) is 16.9 Å². The summed E-state index contributed by atoms with van der Waals surface area (Å²) in [5, 5.41) is 7.28. The summed E-state index contributed by atoms with van der Waals surface area (Å²) >= 11 is 0. The number of nitrogens with zero attached hydrogens (tertiary/aromatic N) is 5. The van der Waals surface area contributed by atoms with Crippen LogP contribution in [0.2, 0.25) is 0 Å². The molecular formula is C24H16F4N6O3. The third-order valence-electron chi connectivity index (χ3n) is 6.10. The number of nitrogens with two attached hydrogens (primary N) is 1. The lowest BCUT2D eigenvalue weighted by Gasteiger charge is -2.26. The highest BCUT2D eigenvalue weighted by atomic mass is 19.4. The van der Waals surface area contributed by atoms with Gasteiger partial charge in [0.15, 0.2) is 22.9 Å². The Hall–Kier alpha value is -4.52. The van der Waals surface area contributed by atoms with E-state index < -0.39 is 23.1 Å². The van der Waals surface area contributed by atoms with Crippen molar-refractivity contribution in [1.82, 2.24) is 19.9 Å². The van der Waals surface area contributed by atoms with Gasteiger partial charge < -0.3 is 19.9 Å². The molecule has 9 nitrogen and oxygen atoms in total. The zero-order chi connectivity index (χ0) is 25.9. The molecule has 5 aromatic rings. The maximum absolute atomic E-state index is 15.9. The number of anilines is 2. The summed E-state index contributed by atoms with van der Waals surface area (Å²) < 4.78 is 68.5. The van der Waals surface area contributed by atoms with E-state index in [9.17, 15) is 18.0 Å². The fourth-order valence-electron chi connectivity index (χ4n) is 4.33. The number of morpholine rings is 1. The van der Waals surface area contributed by atoms with Crippen molar-refractivity contribution in [2.75, 3.05) is 30.4 Å². The largest absolute Gasteiger partial charge is 0.435 e. The topological polar surface area (TPSA) is 112 Å². The van der Waals surface area contributed by atoms with Crippen molar-refractivity contribution in [3.63, 3.8) is 0 Å². The maximum Gasteiger partial charge on any atom is 0.435 e. The maximum atomic E-state index is 15.9. The Labute approximate surface area is 205 Å². The molecule has 1 fully saturated rings. The third kappa shape index (κ3) is 3.74. The van der Waals surface area contributed by atoms with Crippen LogP contribution in [0, 0.1) is 5.82 Å². The smallest absolute Gasteiger partial charge is 0.380 e. The van der Waals surface area contributed by atoms with E-state index in [4.69, 9.17) is 15.0 Å². The summed E-state index contributed by atoms with van der Waals surface area (Å²) in [6.45, 7) is 0.669. The molecule has 0 bridgehead atoms. The molecule has 13 heteroatoms. The van der Waals surface area contributed by atoms with Gasteiger partial charge in [-0.25, -0.2) is 9.07 Å². The second-order valence-corrected chi connectivity index (χ2v) is 8.33. The van der Waals surface area contributed by atoms with Gasteiger partial charge in [0.25, 0.3) is 5.91 Å². The van der Waals surface area contributed by atoms with Gasteiger partial charge in [-0.2, -0.15) is 18.3 Å². The van der Waals surface area contributed by atoms with Gasteiger partial charge in [0.2, 0.25) is 0 Å². The van der Waals surface area contributed by atoms with E-state index in [2.05, 4.69) is 15.2 Å². The van der Waals surface area contributed by atoms with Gasteiger partial charge in [-0.1, -0.05) is 5.16 Å². The second-order valence-electron chi connectivity index (χ2n) is 8.33. The number of aromatic nitrogens is 4. The van der Waals surface area contributed by atoms with Crippen molar-refractivity contribution >= 4 is 39.3 Å². The Kier molecular flexibility index (Phi) is 5.12. The number of nitrogen functional groups attached to an aromatic ring is 1. The predicted octanol–water partition coefficient (Wildman–Crippen LogP) is 4.33. The first-order chi connectivity index (χ1) is 17.7. The fraction of sp³-hybridized carbons (Fsp3) is 0.167. The molecule has 37 heavy (non-hydrogen) atoms. The van der Waals surface area contributed by atoms with E-state index in [1.165, 1.54) is 41.4 Å². The Morgan fingerprint density at radius 1 is 1.03 bits per heavy atom. The van der Waals surface area contributed by atoms with Gasteiger partial charge in [0.05, 0.1) is 35.3 Å². The van der Waals surface area contributed by atoms with Crippen LogP contribution in [0.15, 0.2) is 53.2 Å². The number of halogens is 4. The van der Waals surface area contributed by atoms with Gasteiger partial charge in [0, 0.05) is 17.5 Å². The predicted molar refractivity (Wildman–Crippen MR) is 124 cm³/mol. The van der Waals surface area contributed by atoms with Gasteiger partial charge >= 0.3 is 6.18 Å². The summed E-state index contributed by atoms with van der Waals surface area (Å²) in [6, 6.07) is 9.79. The molecule has 1 amide bonds. The average molecular weight is 512 g/mol. The van der Waals surface area contributed by atoms with Crippen LogP contribution in [0.4, 0.5) is 29.1 Å². The minimum Gasteiger partial charge on any atom is -0.380 e. The van der Waals surface area contributed by atoms with Crippen molar-refractivity contribution in [2.45, 2.75) is 6.18 Å². The SMILES string of the molecule is Nc1noc2ccc(-n3nc(C(F)(F)F)c4ccc(-c5ccc(N6CCOCC6=O)cn5)c(F)c43)cc12. The first-order valence-electron chi connectivity index (χ1n) is 11.0.